The van der Waals surface area contributed by atoms with Gasteiger partial charge in [0.15, 0.2) is 11.5 Å². The molecule has 1 aliphatic rings. The van der Waals surface area contributed by atoms with Crippen molar-refractivity contribution in [3.05, 3.63) is 23.8 Å². The number of para-hydroxylation sites is 1. The normalized spacial score (nSPS) is 16.9. The summed E-state index contributed by atoms with van der Waals surface area (Å²) in [5.41, 5.74) is 0.539. The van der Waals surface area contributed by atoms with Crippen LogP contribution in [0.1, 0.15) is 25.3 Å². The van der Waals surface area contributed by atoms with Crippen molar-refractivity contribution in [1.29, 1.82) is 5.26 Å². The van der Waals surface area contributed by atoms with Gasteiger partial charge in [-0.2, -0.15) is 5.26 Å². The maximum Gasteiger partial charge on any atom is 0.179 e. The summed E-state index contributed by atoms with van der Waals surface area (Å²) in [4.78, 5) is 2.41. The van der Waals surface area contributed by atoms with Crippen LogP contribution in [0.15, 0.2) is 18.2 Å². The van der Waals surface area contributed by atoms with Crippen molar-refractivity contribution in [3.8, 4) is 17.6 Å². The Morgan fingerprint density at radius 1 is 1.37 bits per heavy atom. The average molecular weight is 260 g/mol. The van der Waals surface area contributed by atoms with Gasteiger partial charge < -0.3 is 14.4 Å². The van der Waals surface area contributed by atoms with Gasteiger partial charge in [0, 0.05) is 13.1 Å². The average Bonchev–Trinajstić information content (AvgIpc) is 2.48. The summed E-state index contributed by atoms with van der Waals surface area (Å²) in [6, 6.07) is 7.57. The summed E-state index contributed by atoms with van der Waals surface area (Å²) in [5, 5.41) is 9.15. The number of nitrogens with zero attached hydrogens (tertiary/aromatic N) is 2. The molecule has 0 atom stereocenters. The van der Waals surface area contributed by atoms with E-state index in [4.69, 9.17) is 14.7 Å². The van der Waals surface area contributed by atoms with Gasteiger partial charge in [0.1, 0.15) is 12.2 Å². The van der Waals surface area contributed by atoms with E-state index in [0.717, 1.165) is 32.5 Å². The number of piperidine rings is 1. The van der Waals surface area contributed by atoms with E-state index in [2.05, 4.69) is 17.9 Å². The summed E-state index contributed by atoms with van der Waals surface area (Å²) >= 11 is 0. The second-order valence-corrected chi connectivity index (χ2v) is 4.70. The smallest absolute Gasteiger partial charge is 0.179 e. The van der Waals surface area contributed by atoms with E-state index in [1.165, 1.54) is 0 Å². The molecule has 0 aliphatic carbocycles. The predicted molar refractivity (Wildman–Crippen MR) is 73.5 cm³/mol. The fraction of sp³-hybridized carbons (Fsp3) is 0.533. The van der Waals surface area contributed by atoms with E-state index in [9.17, 15) is 0 Å². The Morgan fingerprint density at radius 3 is 2.68 bits per heavy atom. The first-order chi connectivity index (χ1) is 9.28. The molecule has 0 saturated carbocycles. The van der Waals surface area contributed by atoms with Crippen LogP contribution in [0.2, 0.25) is 0 Å². The van der Waals surface area contributed by atoms with Gasteiger partial charge in [0.2, 0.25) is 0 Å². The maximum atomic E-state index is 9.15. The van der Waals surface area contributed by atoms with Crippen LogP contribution in [-0.2, 0) is 0 Å². The lowest BCUT2D eigenvalue weighted by atomic mass is 10.1. The van der Waals surface area contributed by atoms with E-state index in [0.29, 0.717) is 17.1 Å². The van der Waals surface area contributed by atoms with Gasteiger partial charge in [-0.15, -0.1) is 0 Å². The zero-order chi connectivity index (χ0) is 13.7. The molecule has 1 fully saturated rings. The number of ether oxygens (including phenoxy) is 2. The van der Waals surface area contributed by atoms with Crippen molar-refractivity contribution in [3.63, 3.8) is 0 Å². The third-order valence-electron chi connectivity index (χ3n) is 3.59. The molecule has 0 aromatic heterocycles. The van der Waals surface area contributed by atoms with Gasteiger partial charge in [-0.3, -0.25) is 0 Å². The molecule has 2 rings (SSSR count). The van der Waals surface area contributed by atoms with Crippen molar-refractivity contribution in [1.82, 2.24) is 4.90 Å². The summed E-state index contributed by atoms with van der Waals surface area (Å²) in [6.45, 7) is 5.37. The van der Waals surface area contributed by atoms with Crippen molar-refractivity contribution in [2.75, 3.05) is 26.7 Å². The Hall–Kier alpha value is -1.73. The Kier molecular flexibility index (Phi) is 4.64. The molecule has 0 spiro atoms. The van der Waals surface area contributed by atoms with Gasteiger partial charge in [0.05, 0.1) is 12.7 Å². The van der Waals surface area contributed by atoms with Crippen LogP contribution in [0.3, 0.4) is 0 Å². The number of benzene rings is 1. The Morgan fingerprint density at radius 2 is 2.11 bits per heavy atom. The molecule has 0 N–H and O–H groups in total. The highest BCUT2D eigenvalue weighted by molar-refractivity contribution is 5.52. The van der Waals surface area contributed by atoms with Crippen molar-refractivity contribution in [2.24, 2.45) is 0 Å². The number of hydrogen-bond donors (Lipinski definition) is 0. The minimum atomic E-state index is 0.172. The number of hydrogen-bond acceptors (Lipinski definition) is 4. The molecule has 1 saturated heterocycles. The van der Waals surface area contributed by atoms with Crippen LogP contribution in [0.4, 0.5) is 0 Å². The SMILES string of the molecule is CCN1CCC(Oc2c(C#N)cccc2OC)CC1. The van der Waals surface area contributed by atoms with Crippen molar-refractivity contribution < 1.29 is 9.47 Å². The van der Waals surface area contributed by atoms with Gasteiger partial charge in [-0.25, -0.2) is 0 Å². The number of nitriles is 1. The summed E-state index contributed by atoms with van der Waals surface area (Å²) in [5.74, 6) is 1.22. The molecule has 0 amide bonds. The molecular formula is C15H20N2O2. The number of rotatable bonds is 4. The van der Waals surface area contributed by atoms with Crippen LogP contribution in [0.25, 0.3) is 0 Å². The summed E-state index contributed by atoms with van der Waals surface area (Å²) in [6.07, 6.45) is 2.17. The second-order valence-electron chi connectivity index (χ2n) is 4.70. The van der Waals surface area contributed by atoms with Crippen LogP contribution in [0, 0.1) is 11.3 Å². The van der Waals surface area contributed by atoms with Crippen LogP contribution in [0.5, 0.6) is 11.5 Å². The van der Waals surface area contributed by atoms with Crippen LogP contribution >= 0.6 is 0 Å². The van der Waals surface area contributed by atoms with Gasteiger partial charge in [-0.05, 0) is 31.5 Å². The lowest BCUT2D eigenvalue weighted by Crippen LogP contribution is -2.38. The Labute approximate surface area is 114 Å². The zero-order valence-corrected chi connectivity index (χ0v) is 11.6. The third kappa shape index (κ3) is 3.18. The molecule has 0 unspecified atom stereocenters. The number of methoxy groups -OCH3 is 1. The molecule has 0 radical (unpaired) electrons. The molecule has 1 heterocycles. The lowest BCUT2D eigenvalue weighted by molar-refractivity contribution is 0.101. The molecule has 102 valence electrons. The third-order valence-corrected chi connectivity index (χ3v) is 3.59. The first-order valence-corrected chi connectivity index (χ1v) is 6.74. The Bertz CT molecular complexity index is 460. The minimum absolute atomic E-state index is 0.172. The van der Waals surface area contributed by atoms with Crippen molar-refractivity contribution in [2.45, 2.75) is 25.9 Å². The molecule has 4 heteroatoms. The van der Waals surface area contributed by atoms with E-state index < -0.39 is 0 Å². The highest BCUT2D eigenvalue weighted by Crippen LogP contribution is 2.32. The summed E-state index contributed by atoms with van der Waals surface area (Å²) < 4.78 is 11.3. The van der Waals surface area contributed by atoms with Gasteiger partial charge in [0.25, 0.3) is 0 Å². The molecule has 4 nitrogen and oxygen atoms in total. The van der Waals surface area contributed by atoms with E-state index in [1.807, 2.05) is 12.1 Å². The fourth-order valence-corrected chi connectivity index (χ4v) is 2.40. The van der Waals surface area contributed by atoms with Crippen molar-refractivity contribution >= 4 is 0 Å². The zero-order valence-electron chi connectivity index (χ0n) is 11.6. The first kappa shape index (κ1) is 13.7. The molecule has 1 aliphatic heterocycles. The minimum Gasteiger partial charge on any atom is -0.493 e. The lowest BCUT2D eigenvalue weighted by Gasteiger charge is -2.31. The van der Waals surface area contributed by atoms with Gasteiger partial charge in [-0.1, -0.05) is 13.0 Å². The van der Waals surface area contributed by atoms with E-state index >= 15 is 0 Å². The van der Waals surface area contributed by atoms with E-state index in [1.54, 1.807) is 13.2 Å². The highest BCUT2D eigenvalue weighted by Gasteiger charge is 2.22. The molecule has 19 heavy (non-hydrogen) atoms. The topological polar surface area (TPSA) is 45.5 Å². The predicted octanol–water partition coefficient (Wildman–Crippen LogP) is 2.43. The monoisotopic (exact) mass is 260 g/mol. The van der Waals surface area contributed by atoms with Gasteiger partial charge >= 0.3 is 0 Å². The second kappa shape index (κ2) is 6.44. The quantitative estimate of drug-likeness (QED) is 0.834. The Balaban J connectivity index is 2.09. The number of likely N-dealkylation sites (tertiary alicyclic amines) is 1. The summed E-state index contributed by atoms with van der Waals surface area (Å²) in [7, 11) is 1.60. The molecule has 1 aromatic carbocycles. The largest absolute Gasteiger partial charge is 0.493 e. The van der Waals surface area contributed by atoms with E-state index in [-0.39, 0.29) is 6.10 Å². The molecule has 0 bridgehead atoms. The maximum absolute atomic E-state index is 9.15. The first-order valence-electron chi connectivity index (χ1n) is 6.74. The molecular weight excluding hydrogens is 240 g/mol. The fourth-order valence-electron chi connectivity index (χ4n) is 2.40. The highest BCUT2D eigenvalue weighted by atomic mass is 16.5. The molecule has 1 aromatic rings. The standard InChI is InChI=1S/C15H20N2O2/c1-3-17-9-7-13(8-10-17)19-15-12(11-16)5-4-6-14(15)18-2/h4-6,13H,3,7-10H2,1-2H3. The van der Waals surface area contributed by atoms with Crippen LogP contribution < -0.4 is 9.47 Å². The van der Waals surface area contributed by atoms with Crippen LogP contribution in [-0.4, -0.2) is 37.7 Å².